The number of amides is 1. The minimum atomic E-state index is -0.256. The van der Waals surface area contributed by atoms with E-state index in [1.54, 1.807) is 32.2 Å². The summed E-state index contributed by atoms with van der Waals surface area (Å²) in [5, 5.41) is 7.06. The molecule has 150 valence electrons. The number of benzene rings is 2. The molecule has 0 atom stereocenters. The topological polar surface area (TPSA) is 61.5 Å². The number of nitrogens with zero attached hydrogens (tertiary/aromatic N) is 3. The molecule has 0 saturated carbocycles. The van der Waals surface area contributed by atoms with Gasteiger partial charge in [0, 0.05) is 31.7 Å². The summed E-state index contributed by atoms with van der Waals surface area (Å²) in [4.78, 5) is 16.9. The molecule has 6 nitrogen and oxygen atoms in total. The SMILES string of the molecule is COc1ccccc1N1CCN(C(=O)c2cc(-c3ccc(F)c(C)c3)n[nH]2)CC1. The van der Waals surface area contributed by atoms with Crippen molar-refractivity contribution in [3.8, 4) is 17.0 Å². The Morgan fingerprint density at radius 3 is 2.59 bits per heavy atom. The Labute approximate surface area is 168 Å². The van der Waals surface area contributed by atoms with Crippen molar-refractivity contribution in [1.82, 2.24) is 15.1 Å². The maximum absolute atomic E-state index is 13.5. The third-order valence-electron chi connectivity index (χ3n) is 5.25. The van der Waals surface area contributed by atoms with Crippen molar-refractivity contribution in [1.29, 1.82) is 0 Å². The van der Waals surface area contributed by atoms with Crippen LogP contribution in [0.15, 0.2) is 48.5 Å². The number of aromatic amines is 1. The van der Waals surface area contributed by atoms with Crippen molar-refractivity contribution in [2.75, 3.05) is 38.2 Å². The maximum atomic E-state index is 13.5. The number of methoxy groups -OCH3 is 1. The lowest BCUT2D eigenvalue weighted by atomic mass is 10.1. The fourth-order valence-electron chi connectivity index (χ4n) is 3.59. The Hall–Kier alpha value is -3.35. The van der Waals surface area contributed by atoms with Crippen molar-refractivity contribution in [2.45, 2.75) is 6.92 Å². The summed E-state index contributed by atoms with van der Waals surface area (Å²) in [6, 6.07) is 14.4. The van der Waals surface area contributed by atoms with E-state index in [9.17, 15) is 9.18 Å². The second kappa shape index (κ2) is 7.95. The van der Waals surface area contributed by atoms with Crippen LogP contribution >= 0.6 is 0 Å². The Kier molecular flexibility index (Phi) is 5.20. The van der Waals surface area contributed by atoms with E-state index >= 15 is 0 Å². The lowest BCUT2D eigenvalue weighted by molar-refractivity contribution is 0.0740. The number of piperazine rings is 1. The predicted octanol–water partition coefficient (Wildman–Crippen LogP) is 3.50. The molecule has 1 fully saturated rings. The fraction of sp³-hybridized carbons (Fsp3) is 0.273. The van der Waals surface area contributed by atoms with Crippen molar-refractivity contribution in [3.05, 3.63) is 65.6 Å². The minimum absolute atomic E-state index is 0.0812. The van der Waals surface area contributed by atoms with Crippen molar-refractivity contribution in [2.24, 2.45) is 0 Å². The highest BCUT2D eigenvalue weighted by Crippen LogP contribution is 2.28. The molecule has 1 aliphatic rings. The van der Waals surface area contributed by atoms with Crippen LogP contribution < -0.4 is 9.64 Å². The van der Waals surface area contributed by atoms with Gasteiger partial charge in [0.25, 0.3) is 5.91 Å². The molecule has 1 aliphatic heterocycles. The lowest BCUT2D eigenvalue weighted by Gasteiger charge is -2.36. The molecule has 7 heteroatoms. The van der Waals surface area contributed by atoms with Crippen molar-refractivity contribution >= 4 is 11.6 Å². The fourth-order valence-corrected chi connectivity index (χ4v) is 3.59. The van der Waals surface area contributed by atoms with E-state index in [4.69, 9.17) is 4.74 Å². The molecule has 1 amide bonds. The first-order chi connectivity index (χ1) is 14.1. The normalized spacial score (nSPS) is 14.2. The molecular weight excluding hydrogens is 371 g/mol. The Bertz CT molecular complexity index is 1030. The van der Waals surface area contributed by atoms with Gasteiger partial charge in [0.05, 0.1) is 18.5 Å². The standard InChI is InChI=1S/C22H23FN4O2/c1-15-13-16(7-8-17(15)23)18-14-19(25-24-18)22(28)27-11-9-26(10-12-27)20-5-3-4-6-21(20)29-2/h3-8,13-14H,9-12H2,1-2H3,(H,24,25). The summed E-state index contributed by atoms with van der Waals surface area (Å²) in [6.07, 6.45) is 0. The number of carbonyl (C=O) groups excluding carboxylic acids is 1. The molecule has 2 aromatic carbocycles. The van der Waals surface area contributed by atoms with Crippen LogP contribution in [0.2, 0.25) is 0 Å². The van der Waals surface area contributed by atoms with E-state index in [1.165, 1.54) is 6.07 Å². The van der Waals surface area contributed by atoms with E-state index in [1.807, 2.05) is 29.2 Å². The van der Waals surface area contributed by atoms with E-state index in [-0.39, 0.29) is 11.7 Å². The summed E-state index contributed by atoms with van der Waals surface area (Å²) in [7, 11) is 1.66. The van der Waals surface area contributed by atoms with Crippen LogP contribution in [-0.4, -0.2) is 54.3 Å². The van der Waals surface area contributed by atoms with Crippen LogP contribution in [0.5, 0.6) is 5.75 Å². The zero-order chi connectivity index (χ0) is 20.4. The third-order valence-corrected chi connectivity index (χ3v) is 5.25. The first-order valence-corrected chi connectivity index (χ1v) is 9.56. The number of hydrogen-bond acceptors (Lipinski definition) is 4. The number of H-pyrrole nitrogens is 1. The molecule has 0 radical (unpaired) electrons. The van der Waals surface area contributed by atoms with Gasteiger partial charge in [-0.15, -0.1) is 0 Å². The Morgan fingerprint density at radius 2 is 1.86 bits per heavy atom. The van der Waals surface area contributed by atoms with Crippen LogP contribution in [0.3, 0.4) is 0 Å². The average molecular weight is 394 g/mol. The van der Waals surface area contributed by atoms with Gasteiger partial charge >= 0.3 is 0 Å². The monoisotopic (exact) mass is 394 g/mol. The number of ether oxygens (including phenoxy) is 1. The van der Waals surface area contributed by atoms with E-state index in [0.717, 1.165) is 30.1 Å². The number of aryl methyl sites for hydroxylation is 1. The number of para-hydroxylation sites is 2. The van der Waals surface area contributed by atoms with E-state index in [2.05, 4.69) is 15.1 Å². The van der Waals surface area contributed by atoms with Crippen LogP contribution in [-0.2, 0) is 0 Å². The summed E-state index contributed by atoms with van der Waals surface area (Å²) in [5.41, 5.74) is 3.43. The summed E-state index contributed by atoms with van der Waals surface area (Å²) >= 11 is 0. The summed E-state index contributed by atoms with van der Waals surface area (Å²) in [6.45, 7) is 4.38. The highest BCUT2D eigenvalue weighted by Gasteiger charge is 2.25. The van der Waals surface area contributed by atoms with E-state index < -0.39 is 0 Å². The number of halogens is 1. The van der Waals surface area contributed by atoms with Crippen molar-refractivity contribution < 1.29 is 13.9 Å². The first-order valence-electron chi connectivity index (χ1n) is 9.56. The highest BCUT2D eigenvalue weighted by molar-refractivity contribution is 5.93. The molecular formula is C22H23FN4O2. The van der Waals surface area contributed by atoms with Crippen LogP contribution in [0.1, 0.15) is 16.1 Å². The lowest BCUT2D eigenvalue weighted by Crippen LogP contribution is -2.49. The van der Waals surface area contributed by atoms with Gasteiger partial charge < -0.3 is 14.5 Å². The molecule has 4 rings (SSSR count). The third kappa shape index (κ3) is 3.81. The first kappa shape index (κ1) is 19.0. The molecule has 0 aliphatic carbocycles. The smallest absolute Gasteiger partial charge is 0.272 e. The zero-order valence-corrected chi connectivity index (χ0v) is 16.5. The van der Waals surface area contributed by atoms with Crippen LogP contribution in [0.25, 0.3) is 11.3 Å². The number of hydrogen-bond donors (Lipinski definition) is 1. The molecule has 1 aromatic heterocycles. The second-order valence-corrected chi connectivity index (χ2v) is 7.08. The molecule has 2 heterocycles. The highest BCUT2D eigenvalue weighted by atomic mass is 19.1. The molecule has 3 aromatic rings. The Balaban J connectivity index is 1.44. The van der Waals surface area contributed by atoms with E-state index in [0.29, 0.717) is 30.0 Å². The minimum Gasteiger partial charge on any atom is -0.495 e. The van der Waals surface area contributed by atoms with Gasteiger partial charge in [0.15, 0.2) is 0 Å². The average Bonchev–Trinajstić information content (AvgIpc) is 3.25. The predicted molar refractivity (Wildman–Crippen MR) is 110 cm³/mol. The number of anilines is 1. The quantitative estimate of drug-likeness (QED) is 0.736. The second-order valence-electron chi connectivity index (χ2n) is 7.08. The van der Waals surface area contributed by atoms with Gasteiger partial charge in [-0.25, -0.2) is 4.39 Å². The molecule has 0 spiro atoms. The zero-order valence-electron chi connectivity index (χ0n) is 16.5. The van der Waals surface area contributed by atoms with Gasteiger partial charge in [-0.1, -0.05) is 12.1 Å². The number of carbonyl (C=O) groups is 1. The van der Waals surface area contributed by atoms with Gasteiger partial charge in [-0.3, -0.25) is 9.89 Å². The summed E-state index contributed by atoms with van der Waals surface area (Å²) < 4.78 is 18.9. The van der Waals surface area contributed by atoms with Gasteiger partial charge in [0.1, 0.15) is 17.3 Å². The molecule has 1 N–H and O–H groups in total. The van der Waals surface area contributed by atoms with Gasteiger partial charge in [0.2, 0.25) is 0 Å². The van der Waals surface area contributed by atoms with Crippen LogP contribution in [0, 0.1) is 12.7 Å². The largest absolute Gasteiger partial charge is 0.495 e. The maximum Gasteiger partial charge on any atom is 0.272 e. The number of rotatable bonds is 4. The van der Waals surface area contributed by atoms with Gasteiger partial charge in [-0.2, -0.15) is 5.10 Å². The molecule has 0 unspecified atom stereocenters. The van der Waals surface area contributed by atoms with Crippen LogP contribution in [0.4, 0.5) is 10.1 Å². The Morgan fingerprint density at radius 1 is 1.10 bits per heavy atom. The molecule has 29 heavy (non-hydrogen) atoms. The number of aromatic nitrogens is 2. The van der Waals surface area contributed by atoms with Crippen molar-refractivity contribution in [3.63, 3.8) is 0 Å². The molecule has 1 saturated heterocycles. The number of nitrogens with one attached hydrogen (secondary N) is 1. The molecule has 0 bridgehead atoms. The summed E-state index contributed by atoms with van der Waals surface area (Å²) in [5.74, 6) is 0.496. The van der Waals surface area contributed by atoms with Gasteiger partial charge in [-0.05, 0) is 48.9 Å².